The molecule has 2 amide bonds. The number of furan rings is 1. The Morgan fingerprint density at radius 3 is 2.29 bits per heavy atom. The predicted octanol–water partition coefficient (Wildman–Crippen LogP) is 4.75. The molecule has 186 valence electrons. The molecule has 1 aromatic heterocycles. The van der Waals surface area contributed by atoms with E-state index >= 15 is 0 Å². The van der Waals surface area contributed by atoms with E-state index < -0.39 is 29.7 Å². The van der Waals surface area contributed by atoms with Gasteiger partial charge in [0.2, 0.25) is 5.91 Å². The fourth-order valence-electron chi connectivity index (χ4n) is 3.27. The second-order valence-corrected chi connectivity index (χ2v) is 10.6. The van der Waals surface area contributed by atoms with Crippen molar-refractivity contribution in [3.05, 3.63) is 60.1 Å². The summed E-state index contributed by atoms with van der Waals surface area (Å²) in [4.78, 5) is 38.6. The van der Waals surface area contributed by atoms with Crippen LogP contribution in [-0.4, -0.2) is 41.2 Å². The van der Waals surface area contributed by atoms with Crippen LogP contribution < -0.4 is 10.6 Å². The Bertz CT molecular complexity index is 907. The van der Waals surface area contributed by atoms with Gasteiger partial charge >= 0.3 is 6.09 Å². The van der Waals surface area contributed by atoms with E-state index in [0.29, 0.717) is 18.6 Å². The van der Waals surface area contributed by atoms with Crippen molar-refractivity contribution in [3.63, 3.8) is 0 Å². The molecule has 0 fully saturated rings. The molecule has 0 unspecified atom stereocenters. The Morgan fingerprint density at radius 2 is 1.71 bits per heavy atom. The number of benzene rings is 1. The fourth-order valence-corrected chi connectivity index (χ4v) is 4.14. The number of ketones is 1. The number of alkyl carbamates (subject to hydrolysis) is 1. The molecule has 0 bridgehead atoms. The van der Waals surface area contributed by atoms with Gasteiger partial charge in [-0.2, -0.15) is 0 Å². The molecule has 8 heteroatoms. The molecule has 0 aliphatic carbocycles. The van der Waals surface area contributed by atoms with Crippen molar-refractivity contribution in [2.24, 2.45) is 5.92 Å². The molecule has 1 aromatic carbocycles. The minimum absolute atomic E-state index is 0.0886. The van der Waals surface area contributed by atoms with Crippen molar-refractivity contribution in [2.45, 2.75) is 70.9 Å². The summed E-state index contributed by atoms with van der Waals surface area (Å²) in [5, 5.41) is 5.56. The summed E-state index contributed by atoms with van der Waals surface area (Å²) in [7, 11) is 0. The highest BCUT2D eigenvalue weighted by molar-refractivity contribution is 7.99. The van der Waals surface area contributed by atoms with Crippen LogP contribution in [0, 0.1) is 5.92 Å². The molecule has 2 aromatic rings. The molecule has 2 rings (SSSR count). The molecule has 0 aliphatic heterocycles. The Kier molecular flexibility index (Phi) is 10.7. The van der Waals surface area contributed by atoms with Crippen LogP contribution in [0.15, 0.2) is 53.1 Å². The van der Waals surface area contributed by atoms with Gasteiger partial charge in [0.1, 0.15) is 17.4 Å². The van der Waals surface area contributed by atoms with Gasteiger partial charge in [-0.3, -0.25) is 9.59 Å². The number of carbonyl (C=O) groups is 3. The summed E-state index contributed by atoms with van der Waals surface area (Å²) in [6, 6.07) is 11.7. The fraction of sp³-hybridized carbons (Fsp3) is 0.500. The lowest BCUT2D eigenvalue weighted by Crippen LogP contribution is -2.53. The van der Waals surface area contributed by atoms with Gasteiger partial charge in [-0.25, -0.2) is 4.79 Å². The maximum absolute atomic E-state index is 13.2. The molecular weight excluding hydrogens is 452 g/mol. The van der Waals surface area contributed by atoms with Crippen LogP contribution in [0.4, 0.5) is 4.79 Å². The topological polar surface area (TPSA) is 97.6 Å². The molecular formula is C26H36N2O5S. The number of hydrogen-bond donors (Lipinski definition) is 2. The summed E-state index contributed by atoms with van der Waals surface area (Å²) < 4.78 is 10.6. The van der Waals surface area contributed by atoms with Gasteiger partial charge in [-0.05, 0) is 57.2 Å². The average Bonchev–Trinajstić information content (AvgIpc) is 3.25. The third-order valence-electron chi connectivity index (χ3n) is 4.77. The standard InChI is InChI=1S/C26H36N2O5S/c1-18(2)14-22(28-25(31)33-26(3,4)5)24(30)27-21(15-19-10-7-6-8-11-19)23(29)17-34-16-20-12-9-13-32-20/h6-13,18,21-22H,14-17H2,1-5H3,(H,27,30)(H,28,31)/t21-,22-/m0/s1. The molecule has 2 atom stereocenters. The highest BCUT2D eigenvalue weighted by Crippen LogP contribution is 2.15. The number of carbonyl (C=O) groups excluding carboxylic acids is 3. The molecule has 7 nitrogen and oxygen atoms in total. The van der Waals surface area contributed by atoms with E-state index in [1.807, 2.05) is 56.3 Å². The molecule has 0 aliphatic rings. The Hall–Kier alpha value is -2.74. The minimum Gasteiger partial charge on any atom is -0.468 e. The second kappa shape index (κ2) is 13.2. The molecule has 0 saturated heterocycles. The van der Waals surface area contributed by atoms with Crippen LogP contribution >= 0.6 is 11.8 Å². The van der Waals surface area contributed by atoms with Gasteiger partial charge in [-0.15, -0.1) is 11.8 Å². The first-order chi connectivity index (χ1) is 16.0. The van der Waals surface area contributed by atoms with Crippen LogP contribution in [-0.2, 0) is 26.5 Å². The quantitative estimate of drug-likeness (QED) is 0.448. The van der Waals surface area contributed by atoms with Crippen molar-refractivity contribution in [2.75, 3.05) is 5.75 Å². The number of thioether (sulfide) groups is 1. The summed E-state index contributed by atoms with van der Waals surface area (Å²) in [6.07, 6.45) is 1.73. The zero-order chi connectivity index (χ0) is 25.1. The van der Waals surface area contributed by atoms with E-state index in [9.17, 15) is 14.4 Å². The number of Topliss-reactive ketones (excluding diaryl/α,β-unsaturated/α-hetero) is 1. The molecule has 2 N–H and O–H groups in total. The zero-order valence-corrected chi connectivity index (χ0v) is 21.4. The molecule has 0 saturated carbocycles. The van der Waals surface area contributed by atoms with E-state index in [1.165, 1.54) is 11.8 Å². The number of rotatable bonds is 12. The van der Waals surface area contributed by atoms with Crippen LogP contribution in [0.1, 0.15) is 52.4 Å². The van der Waals surface area contributed by atoms with E-state index in [2.05, 4.69) is 10.6 Å². The first-order valence-electron chi connectivity index (χ1n) is 11.5. The van der Waals surface area contributed by atoms with Crippen LogP contribution in [0.5, 0.6) is 0 Å². The van der Waals surface area contributed by atoms with E-state index in [4.69, 9.17) is 9.15 Å². The Morgan fingerprint density at radius 1 is 1.00 bits per heavy atom. The monoisotopic (exact) mass is 488 g/mol. The predicted molar refractivity (Wildman–Crippen MR) is 135 cm³/mol. The smallest absolute Gasteiger partial charge is 0.408 e. The van der Waals surface area contributed by atoms with Gasteiger partial charge in [-0.1, -0.05) is 44.2 Å². The van der Waals surface area contributed by atoms with Gasteiger partial charge < -0.3 is 19.8 Å². The van der Waals surface area contributed by atoms with E-state index in [1.54, 1.807) is 27.0 Å². The summed E-state index contributed by atoms with van der Waals surface area (Å²) >= 11 is 1.44. The van der Waals surface area contributed by atoms with Crippen molar-refractivity contribution < 1.29 is 23.5 Å². The Labute approximate surface area is 206 Å². The number of ether oxygens (including phenoxy) is 1. The van der Waals surface area contributed by atoms with E-state index in [0.717, 1.165) is 11.3 Å². The maximum Gasteiger partial charge on any atom is 0.408 e. The average molecular weight is 489 g/mol. The summed E-state index contributed by atoms with van der Waals surface area (Å²) in [5.74, 6) is 1.25. The van der Waals surface area contributed by atoms with Gasteiger partial charge in [0.25, 0.3) is 0 Å². The molecule has 34 heavy (non-hydrogen) atoms. The maximum atomic E-state index is 13.2. The van der Waals surface area contributed by atoms with Gasteiger partial charge in [0, 0.05) is 0 Å². The Balaban J connectivity index is 2.09. The number of amides is 2. The summed E-state index contributed by atoms with van der Waals surface area (Å²) in [6.45, 7) is 9.22. The van der Waals surface area contributed by atoms with Crippen LogP contribution in [0.25, 0.3) is 0 Å². The lowest BCUT2D eigenvalue weighted by molar-refractivity contribution is -0.128. The third-order valence-corrected chi connectivity index (χ3v) is 5.75. The van der Waals surface area contributed by atoms with Crippen molar-refractivity contribution in [1.29, 1.82) is 0 Å². The van der Waals surface area contributed by atoms with E-state index in [-0.39, 0.29) is 17.5 Å². The van der Waals surface area contributed by atoms with Crippen LogP contribution in [0.2, 0.25) is 0 Å². The van der Waals surface area contributed by atoms with Gasteiger partial charge in [0.05, 0.1) is 23.8 Å². The molecule has 0 spiro atoms. The first kappa shape index (κ1) is 27.5. The first-order valence-corrected chi connectivity index (χ1v) is 12.7. The van der Waals surface area contributed by atoms with Crippen LogP contribution in [0.3, 0.4) is 0 Å². The molecule has 1 heterocycles. The largest absolute Gasteiger partial charge is 0.468 e. The second-order valence-electron chi connectivity index (χ2n) is 9.62. The SMILES string of the molecule is CC(C)C[C@H](NC(=O)OC(C)(C)C)C(=O)N[C@@H](Cc1ccccc1)C(=O)CSCc1ccco1. The minimum atomic E-state index is -0.809. The summed E-state index contributed by atoms with van der Waals surface area (Å²) in [5.41, 5.74) is 0.262. The lowest BCUT2D eigenvalue weighted by Gasteiger charge is -2.26. The zero-order valence-electron chi connectivity index (χ0n) is 20.6. The molecule has 0 radical (unpaired) electrons. The van der Waals surface area contributed by atoms with Crippen molar-refractivity contribution >= 4 is 29.5 Å². The lowest BCUT2D eigenvalue weighted by atomic mass is 10.00. The van der Waals surface area contributed by atoms with Gasteiger partial charge in [0.15, 0.2) is 5.78 Å². The van der Waals surface area contributed by atoms with Crippen molar-refractivity contribution in [1.82, 2.24) is 10.6 Å². The van der Waals surface area contributed by atoms with Crippen molar-refractivity contribution in [3.8, 4) is 0 Å². The highest BCUT2D eigenvalue weighted by atomic mass is 32.2. The highest BCUT2D eigenvalue weighted by Gasteiger charge is 2.29. The normalized spacial score (nSPS) is 13.2. The number of hydrogen-bond acceptors (Lipinski definition) is 6. The number of nitrogens with one attached hydrogen (secondary N) is 2. The third kappa shape index (κ3) is 10.5.